The van der Waals surface area contributed by atoms with Crippen LogP contribution < -0.4 is 5.32 Å². The number of anilines is 1. The summed E-state index contributed by atoms with van der Waals surface area (Å²) in [6.07, 6.45) is 1.64. The highest BCUT2D eigenvalue weighted by Gasteiger charge is 2.19. The average molecular weight is 399 g/mol. The summed E-state index contributed by atoms with van der Waals surface area (Å²) in [4.78, 5) is 13.8. The van der Waals surface area contributed by atoms with Crippen molar-refractivity contribution in [3.8, 4) is 11.1 Å². The molecule has 0 spiro atoms. The fourth-order valence-corrected chi connectivity index (χ4v) is 3.77. The molecule has 0 aliphatic carbocycles. The molecule has 150 valence electrons. The minimum Gasteiger partial charge on any atom is -0.364 e. The maximum Gasteiger partial charge on any atom is 0.222 e. The third-order valence-electron chi connectivity index (χ3n) is 5.36. The Balaban J connectivity index is 1.32. The standard InChI is InChI=1S/C22H21N7O/c30-22-6-3-13-28(22)15-16-7-9-17(10-8-16)19-5-2-1-4-18(19)14-23-20-11-12-21-24-26-27-29(21)25-20/h1-2,4-5,7-12H,3,6,13-15H2,(H,23,25). The van der Waals surface area contributed by atoms with Crippen molar-refractivity contribution in [2.45, 2.75) is 25.9 Å². The van der Waals surface area contributed by atoms with Crippen LogP contribution in [0, 0.1) is 0 Å². The maximum atomic E-state index is 11.9. The largest absolute Gasteiger partial charge is 0.364 e. The Labute approximate surface area is 173 Å². The number of nitrogens with one attached hydrogen (secondary N) is 1. The van der Waals surface area contributed by atoms with E-state index in [1.807, 2.05) is 29.2 Å². The van der Waals surface area contributed by atoms with E-state index in [4.69, 9.17) is 0 Å². The first-order valence-corrected chi connectivity index (χ1v) is 10.0. The molecule has 0 saturated carbocycles. The van der Waals surface area contributed by atoms with Gasteiger partial charge in [-0.3, -0.25) is 4.79 Å². The van der Waals surface area contributed by atoms with E-state index in [0.29, 0.717) is 31.0 Å². The van der Waals surface area contributed by atoms with Gasteiger partial charge in [0.05, 0.1) is 0 Å². The molecular formula is C22H21N7O. The van der Waals surface area contributed by atoms with Gasteiger partial charge in [0.1, 0.15) is 5.82 Å². The van der Waals surface area contributed by atoms with Crippen LogP contribution in [0.2, 0.25) is 0 Å². The molecule has 1 N–H and O–H groups in total. The summed E-state index contributed by atoms with van der Waals surface area (Å²) in [7, 11) is 0. The summed E-state index contributed by atoms with van der Waals surface area (Å²) in [6, 6.07) is 20.5. The number of carbonyl (C=O) groups excluding carboxylic acids is 1. The van der Waals surface area contributed by atoms with E-state index in [-0.39, 0.29) is 5.91 Å². The second kappa shape index (κ2) is 7.90. The number of aromatic nitrogens is 5. The van der Waals surface area contributed by atoms with E-state index >= 15 is 0 Å². The molecule has 1 fully saturated rings. The quantitative estimate of drug-likeness (QED) is 0.536. The molecule has 5 rings (SSSR count). The van der Waals surface area contributed by atoms with Crippen molar-refractivity contribution < 1.29 is 4.79 Å². The van der Waals surface area contributed by atoms with Crippen LogP contribution in [-0.4, -0.2) is 42.6 Å². The van der Waals surface area contributed by atoms with Gasteiger partial charge in [0.2, 0.25) is 5.91 Å². The highest BCUT2D eigenvalue weighted by Crippen LogP contribution is 2.25. The molecular weight excluding hydrogens is 378 g/mol. The van der Waals surface area contributed by atoms with Gasteiger partial charge in [-0.25, -0.2) is 0 Å². The Kier molecular flexibility index (Phi) is 4.80. The number of hydrogen-bond acceptors (Lipinski definition) is 6. The molecule has 8 heteroatoms. The van der Waals surface area contributed by atoms with Gasteiger partial charge >= 0.3 is 0 Å². The summed E-state index contributed by atoms with van der Waals surface area (Å²) in [5.41, 5.74) is 5.24. The van der Waals surface area contributed by atoms with Crippen molar-refractivity contribution in [2.75, 3.05) is 11.9 Å². The van der Waals surface area contributed by atoms with Crippen LogP contribution in [0.25, 0.3) is 16.8 Å². The first kappa shape index (κ1) is 18.2. The number of hydrogen-bond donors (Lipinski definition) is 1. The third kappa shape index (κ3) is 3.71. The lowest BCUT2D eigenvalue weighted by Gasteiger charge is -2.16. The van der Waals surface area contributed by atoms with Gasteiger partial charge in [0.25, 0.3) is 0 Å². The van der Waals surface area contributed by atoms with E-state index in [9.17, 15) is 4.79 Å². The normalized spacial score (nSPS) is 13.9. The molecule has 0 bridgehead atoms. The lowest BCUT2D eigenvalue weighted by Crippen LogP contribution is -2.23. The molecule has 0 atom stereocenters. The van der Waals surface area contributed by atoms with E-state index in [1.54, 1.807) is 0 Å². The molecule has 0 radical (unpaired) electrons. The summed E-state index contributed by atoms with van der Waals surface area (Å²) in [5, 5.41) is 19.0. The molecule has 0 unspecified atom stereocenters. The fraction of sp³-hybridized carbons (Fsp3) is 0.227. The van der Waals surface area contributed by atoms with Crippen molar-refractivity contribution in [3.05, 3.63) is 71.8 Å². The summed E-state index contributed by atoms with van der Waals surface area (Å²) < 4.78 is 1.40. The van der Waals surface area contributed by atoms with Crippen molar-refractivity contribution in [3.63, 3.8) is 0 Å². The molecule has 3 heterocycles. The Hall–Kier alpha value is -3.81. The number of benzene rings is 2. The Bertz CT molecular complexity index is 1190. The highest BCUT2D eigenvalue weighted by molar-refractivity contribution is 5.78. The first-order valence-electron chi connectivity index (χ1n) is 10.0. The Morgan fingerprint density at radius 2 is 1.87 bits per heavy atom. The molecule has 2 aromatic heterocycles. The number of tetrazole rings is 1. The average Bonchev–Trinajstić information content (AvgIpc) is 3.41. The summed E-state index contributed by atoms with van der Waals surface area (Å²) in [6.45, 7) is 2.17. The van der Waals surface area contributed by atoms with Gasteiger partial charge in [-0.15, -0.1) is 14.8 Å². The number of rotatable bonds is 6. The van der Waals surface area contributed by atoms with E-state index in [1.165, 1.54) is 10.2 Å². The summed E-state index contributed by atoms with van der Waals surface area (Å²) >= 11 is 0. The van der Waals surface area contributed by atoms with E-state index in [0.717, 1.165) is 29.7 Å². The molecule has 1 saturated heterocycles. The van der Waals surface area contributed by atoms with Crippen molar-refractivity contribution >= 4 is 17.4 Å². The third-order valence-corrected chi connectivity index (χ3v) is 5.36. The van der Waals surface area contributed by atoms with Crippen LogP contribution in [-0.2, 0) is 17.9 Å². The van der Waals surface area contributed by atoms with Gasteiger partial charge in [-0.05, 0) is 51.2 Å². The van der Waals surface area contributed by atoms with Crippen molar-refractivity contribution in [1.29, 1.82) is 0 Å². The van der Waals surface area contributed by atoms with Gasteiger partial charge in [-0.2, -0.15) is 0 Å². The van der Waals surface area contributed by atoms with Crippen LogP contribution >= 0.6 is 0 Å². The van der Waals surface area contributed by atoms with Crippen LogP contribution in [0.4, 0.5) is 5.82 Å². The van der Waals surface area contributed by atoms with Crippen LogP contribution in [0.5, 0.6) is 0 Å². The monoisotopic (exact) mass is 399 g/mol. The van der Waals surface area contributed by atoms with Crippen molar-refractivity contribution in [1.82, 2.24) is 30.2 Å². The van der Waals surface area contributed by atoms with Crippen molar-refractivity contribution in [2.24, 2.45) is 0 Å². The van der Waals surface area contributed by atoms with Gasteiger partial charge < -0.3 is 10.2 Å². The fourth-order valence-electron chi connectivity index (χ4n) is 3.77. The SMILES string of the molecule is O=C1CCCN1Cc1ccc(-c2ccccc2CNc2ccc3nnnn3n2)cc1. The summed E-state index contributed by atoms with van der Waals surface area (Å²) in [5.74, 6) is 0.958. The predicted molar refractivity (Wildman–Crippen MR) is 112 cm³/mol. The first-order chi connectivity index (χ1) is 14.8. The molecule has 2 aromatic carbocycles. The molecule has 8 nitrogen and oxygen atoms in total. The van der Waals surface area contributed by atoms with Gasteiger partial charge in [0, 0.05) is 26.1 Å². The maximum absolute atomic E-state index is 11.9. The Morgan fingerprint density at radius 3 is 2.70 bits per heavy atom. The van der Waals surface area contributed by atoms with Crippen LogP contribution in [0.1, 0.15) is 24.0 Å². The zero-order valence-corrected chi connectivity index (χ0v) is 16.4. The second-order valence-electron chi connectivity index (χ2n) is 7.37. The smallest absolute Gasteiger partial charge is 0.222 e. The minimum absolute atomic E-state index is 0.254. The number of nitrogens with zero attached hydrogens (tertiary/aromatic N) is 6. The lowest BCUT2D eigenvalue weighted by molar-refractivity contribution is -0.128. The zero-order chi connectivity index (χ0) is 20.3. The molecule has 4 aromatic rings. The number of likely N-dealkylation sites (tertiary alicyclic amines) is 1. The predicted octanol–water partition coefficient (Wildman–Crippen LogP) is 2.92. The molecule has 30 heavy (non-hydrogen) atoms. The van der Waals surface area contributed by atoms with Crippen LogP contribution in [0.15, 0.2) is 60.7 Å². The minimum atomic E-state index is 0.254. The molecule has 1 aliphatic heterocycles. The lowest BCUT2D eigenvalue weighted by atomic mass is 9.98. The van der Waals surface area contributed by atoms with E-state index in [2.05, 4.69) is 62.3 Å². The van der Waals surface area contributed by atoms with Crippen LogP contribution in [0.3, 0.4) is 0 Å². The van der Waals surface area contributed by atoms with Gasteiger partial charge in [-0.1, -0.05) is 48.5 Å². The Morgan fingerprint density at radius 1 is 1.00 bits per heavy atom. The second-order valence-corrected chi connectivity index (χ2v) is 7.37. The highest BCUT2D eigenvalue weighted by atomic mass is 16.2. The zero-order valence-electron chi connectivity index (χ0n) is 16.4. The molecule has 1 amide bonds. The number of amides is 1. The molecule has 1 aliphatic rings. The topological polar surface area (TPSA) is 88.3 Å². The number of carbonyl (C=O) groups is 1. The van der Waals surface area contributed by atoms with E-state index < -0.39 is 0 Å². The number of fused-ring (bicyclic) bond motifs is 1. The van der Waals surface area contributed by atoms with Gasteiger partial charge in [0.15, 0.2) is 5.65 Å².